The van der Waals surface area contributed by atoms with Crippen LogP contribution in [0, 0.1) is 0 Å². The molecule has 0 bridgehead atoms. The number of phosphoric ester groups is 2. The lowest BCUT2D eigenvalue weighted by Crippen LogP contribution is -2.30. The Morgan fingerprint density at radius 1 is 0.260 bits per heavy atom. The Balaban J connectivity index is 5.29. The predicted octanol–water partition coefficient (Wildman–Crippen LogP) is 25.9. The number of esters is 4. The van der Waals surface area contributed by atoms with Gasteiger partial charge in [-0.25, -0.2) is 9.13 Å². The van der Waals surface area contributed by atoms with Gasteiger partial charge >= 0.3 is 39.5 Å². The first-order chi connectivity index (χ1) is 50.7. The van der Waals surface area contributed by atoms with Gasteiger partial charge in [0.05, 0.1) is 26.4 Å². The number of hydrogen-bond donors (Lipinski definition) is 3. The molecule has 3 N–H and O–H groups in total. The number of aliphatic hydroxyl groups excluding tert-OH is 1. The van der Waals surface area contributed by atoms with Gasteiger partial charge in [0.25, 0.3) is 0 Å². The average Bonchev–Trinajstić information content (AvgIpc) is 0.999. The van der Waals surface area contributed by atoms with E-state index in [9.17, 15) is 43.2 Å². The molecule has 0 aliphatic heterocycles. The maximum atomic E-state index is 13.1. The van der Waals surface area contributed by atoms with Crippen molar-refractivity contribution in [1.82, 2.24) is 0 Å². The molecule has 0 rings (SSSR count). The monoisotopic (exact) mass is 1520 g/mol. The van der Waals surface area contributed by atoms with Gasteiger partial charge in [0, 0.05) is 25.7 Å². The van der Waals surface area contributed by atoms with Crippen LogP contribution in [0.25, 0.3) is 0 Å². The third kappa shape index (κ3) is 77.9. The highest BCUT2D eigenvalue weighted by atomic mass is 31.2. The number of ether oxygens (including phenoxy) is 4. The Labute approximate surface area is 638 Å². The minimum Gasteiger partial charge on any atom is -0.462 e. The molecule has 19 heteroatoms. The fourth-order valence-electron chi connectivity index (χ4n) is 13.0. The molecule has 0 fully saturated rings. The molecular formula is C85H164O17P2. The number of aliphatic hydroxyl groups is 1. The second-order valence-electron chi connectivity index (χ2n) is 30.2. The molecule has 0 aliphatic rings. The second kappa shape index (κ2) is 78.9. The fraction of sp³-hybridized carbons (Fsp3) is 0.929. The Kier molecular flexibility index (Phi) is 77.2. The Hall–Kier alpha value is -2.20. The highest BCUT2D eigenvalue weighted by Crippen LogP contribution is 2.45. The third-order valence-corrected chi connectivity index (χ3v) is 21.7. The highest BCUT2D eigenvalue weighted by Gasteiger charge is 2.30. The molecule has 0 heterocycles. The van der Waals surface area contributed by atoms with E-state index in [1.807, 2.05) is 0 Å². The summed E-state index contributed by atoms with van der Waals surface area (Å²) in [6, 6.07) is 0. The summed E-state index contributed by atoms with van der Waals surface area (Å²) in [5, 5.41) is 10.7. The Bertz CT molecular complexity index is 2010. The lowest BCUT2D eigenvalue weighted by atomic mass is 10.0. The molecule has 0 saturated carbocycles. The largest absolute Gasteiger partial charge is 0.472 e. The number of hydrogen-bond acceptors (Lipinski definition) is 15. The molecule has 0 aromatic carbocycles. The van der Waals surface area contributed by atoms with Crippen LogP contribution >= 0.6 is 15.6 Å². The van der Waals surface area contributed by atoms with Crippen molar-refractivity contribution in [2.24, 2.45) is 0 Å². The Morgan fingerprint density at radius 3 is 0.663 bits per heavy atom. The molecule has 0 radical (unpaired) electrons. The molecular weight excluding hydrogens is 1350 g/mol. The summed E-state index contributed by atoms with van der Waals surface area (Å²) in [4.78, 5) is 73.2. The summed E-state index contributed by atoms with van der Waals surface area (Å²) in [5.41, 5.74) is 0. The smallest absolute Gasteiger partial charge is 0.462 e. The first-order valence-corrected chi connectivity index (χ1v) is 46.9. The van der Waals surface area contributed by atoms with Gasteiger partial charge in [0.1, 0.15) is 19.3 Å². The standard InChI is InChI=1S/C85H164O17P2/c1-5-9-13-17-21-25-29-33-37-39-43-46-50-54-58-62-66-70-83(88)96-76-81(102-85(90)72-68-64-60-56-52-48-44-40-38-34-30-26-22-18-14-10-6-2)78-100-104(93,94)98-74-79(86)73-97-103(91,92)99-77-80(101-84(89)71-67-63-59-55-51-47-42-36-32-28-24-20-16-12-8-4)75-95-82(87)69-65-61-57-53-49-45-41-35-31-27-23-19-15-11-7-3/h36,42,79-81,86H,5-35,37-41,43-78H2,1-4H3,(H,91,92)(H,93,94)/b42-36-/t79-,80+,81+/m0/s1. The van der Waals surface area contributed by atoms with Crippen LogP contribution in [0.2, 0.25) is 0 Å². The zero-order valence-electron chi connectivity index (χ0n) is 67.7. The zero-order chi connectivity index (χ0) is 76.0. The van der Waals surface area contributed by atoms with Crippen LogP contribution < -0.4 is 0 Å². The van der Waals surface area contributed by atoms with Crippen LogP contribution in [0.1, 0.15) is 451 Å². The molecule has 0 aliphatic carbocycles. The van der Waals surface area contributed by atoms with E-state index in [2.05, 4.69) is 39.8 Å². The Morgan fingerprint density at radius 2 is 0.442 bits per heavy atom. The molecule has 616 valence electrons. The fourth-order valence-corrected chi connectivity index (χ4v) is 14.6. The second-order valence-corrected chi connectivity index (χ2v) is 33.1. The molecule has 0 amide bonds. The third-order valence-electron chi connectivity index (χ3n) is 19.8. The van der Waals surface area contributed by atoms with Crippen LogP contribution in [-0.2, 0) is 65.4 Å². The predicted molar refractivity (Wildman–Crippen MR) is 428 cm³/mol. The summed E-state index contributed by atoms with van der Waals surface area (Å²) in [6.45, 7) is 5.03. The van der Waals surface area contributed by atoms with Crippen LogP contribution in [0.15, 0.2) is 12.2 Å². The van der Waals surface area contributed by atoms with Crippen molar-refractivity contribution in [3.63, 3.8) is 0 Å². The topological polar surface area (TPSA) is 237 Å². The first-order valence-electron chi connectivity index (χ1n) is 43.9. The van der Waals surface area contributed by atoms with Crippen molar-refractivity contribution in [3.8, 4) is 0 Å². The summed E-state index contributed by atoms with van der Waals surface area (Å²) < 4.78 is 68.9. The number of carbonyl (C=O) groups excluding carboxylic acids is 4. The quantitative estimate of drug-likeness (QED) is 0.0169. The number of carbonyl (C=O) groups is 4. The van der Waals surface area contributed by atoms with Gasteiger partial charge in [-0.05, 0) is 51.4 Å². The van der Waals surface area contributed by atoms with Crippen LogP contribution in [0.4, 0.5) is 0 Å². The number of phosphoric acid groups is 2. The van der Waals surface area contributed by atoms with Crippen molar-refractivity contribution in [3.05, 3.63) is 12.2 Å². The zero-order valence-corrected chi connectivity index (χ0v) is 69.5. The van der Waals surface area contributed by atoms with E-state index >= 15 is 0 Å². The van der Waals surface area contributed by atoms with E-state index in [4.69, 9.17) is 37.0 Å². The van der Waals surface area contributed by atoms with E-state index in [0.717, 1.165) is 103 Å². The lowest BCUT2D eigenvalue weighted by Gasteiger charge is -2.21. The highest BCUT2D eigenvalue weighted by molar-refractivity contribution is 7.47. The maximum Gasteiger partial charge on any atom is 0.472 e. The summed E-state index contributed by atoms with van der Waals surface area (Å²) in [5.74, 6) is -2.11. The minimum atomic E-state index is -4.97. The average molecular weight is 1520 g/mol. The lowest BCUT2D eigenvalue weighted by molar-refractivity contribution is -0.161. The van der Waals surface area contributed by atoms with Gasteiger partial charge in [-0.2, -0.15) is 0 Å². The van der Waals surface area contributed by atoms with Crippen molar-refractivity contribution in [2.75, 3.05) is 39.6 Å². The molecule has 0 aromatic heterocycles. The van der Waals surface area contributed by atoms with E-state index in [0.29, 0.717) is 25.7 Å². The first kappa shape index (κ1) is 102. The summed E-state index contributed by atoms with van der Waals surface area (Å²) in [6.07, 6.45) is 74.5. The van der Waals surface area contributed by atoms with Gasteiger partial charge in [0.2, 0.25) is 0 Å². The van der Waals surface area contributed by atoms with E-state index < -0.39 is 97.5 Å². The normalized spacial score (nSPS) is 13.8. The molecule has 104 heavy (non-hydrogen) atoms. The van der Waals surface area contributed by atoms with E-state index in [1.165, 1.54) is 270 Å². The number of unbranched alkanes of at least 4 members (excludes halogenated alkanes) is 57. The van der Waals surface area contributed by atoms with Crippen LogP contribution in [-0.4, -0.2) is 96.7 Å². The summed E-state index contributed by atoms with van der Waals surface area (Å²) in [7, 11) is -9.93. The van der Waals surface area contributed by atoms with Gasteiger partial charge in [-0.3, -0.25) is 37.3 Å². The van der Waals surface area contributed by atoms with E-state index in [-0.39, 0.29) is 25.7 Å². The van der Waals surface area contributed by atoms with E-state index in [1.54, 1.807) is 0 Å². The van der Waals surface area contributed by atoms with Crippen LogP contribution in [0.5, 0.6) is 0 Å². The molecule has 2 unspecified atom stereocenters. The molecule has 5 atom stereocenters. The number of rotatable bonds is 85. The van der Waals surface area contributed by atoms with Gasteiger partial charge in [-0.15, -0.1) is 0 Å². The molecule has 17 nitrogen and oxygen atoms in total. The maximum absolute atomic E-state index is 13.1. The minimum absolute atomic E-state index is 0.0954. The molecule has 0 saturated heterocycles. The van der Waals surface area contributed by atoms with Crippen molar-refractivity contribution in [2.45, 2.75) is 470 Å². The molecule has 0 spiro atoms. The SMILES string of the molecule is CCCCCCCC/C=C\CCCCCCCC(=O)O[C@H](COC(=O)CCCCCCCCCCCCCCCCC)COP(=O)(O)OC[C@H](O)COP(=O)(O)OC[C@@H](COC(=O)CCCCCCCCCCCCCCCCCCC)OC(=O)CCCCCCCCCCCCCCCCCCC. The van der Waals surface area contributed by atoms with Crippen molar-refractivity contribution >= 4 is 39.5 Å². The van der Waals surface area contributed by atoms with Crippen LogP contribution in [0.3, 0.4) is 0 Å². The van der Waals surface area contributed by atoms with Crippen molar-refractivity contribution < 1.29 is 80.2 Å². The molecule has 0 aromatic rings. The number of allylic oxidation sites excluding steroid dienone is 2. The van der Waals surface area contributed by atoms with Gasteiger partial charge in [-0.1, -0.05) is 387 Å². The van der Waals surface area contributed by atoms with Crippen molar-refractivity contribution in [1.29, 1.82) is 0 Å². The van der Waals surface area contributed by atoms with Gasteiger partial charge in [0.15, 0.2) is 12.2 Å². The van der Waals surface area contributed by atoms with Gasteiger partial charge < -0.3 is 33.8 Å². The summed E-state index contributed by atoms with van der Waals surface area (Å²) >= 11 is 0.